The Morgan fingerprint density at radius 2 is 2.00 bits per heavy atom. The normalized spacial score (nSPS) is 10.7. The highest BCUT2D eigenvalue weighted by Crippen LogP contribution is 2.26. The number of aryl methyl sites for hydroxylation is 2. The van der Waals surface area contributed by atoms with E-state index in [1.54, 1.807) is 43.3 Å². The van der Waals surface area contributed by atoms with E-state index in [1.165, 1.54) is 11.7 Å². The van der Waals surface area contributed by atoms with Crippen molar-refractivity contribution in [2.45, 2.75) is 26.8 Å². The first-order chi connectivity index (χ1) is 14.8. The summed E-state index contributed by atoms with van der Waals surface area (Å²) in [7, 11) is 1.52. The first kappa shape index (κ1) is 22.5. The monoisotopic (exact) mass is 441 g/mol. The quantitative estimate of drug-likeness (QED) is 0.586. The van der Waals surface area contributed by atoms with Crippen molar-refractivity contribution < 1.29 is 14.6 Å². The van der Waals surface area contributed by atoms with Crippen LogP contribution in [-0.2, 0) is 17.8 Å². The van der Waals surface area contributed by atoms with Gasteiger partial charge in [0.15, 0.2) is 0 Å². The predicted octanol–water partition coefficient (Wildman–Crippen LogP) is 3.36. The van der Waals surface area contributed by atoms with E-state index in [0.717, 1.165) is 5.56 Å². The van der Waals surface area contributed by atoms with Crippen LogP contribution in [0.25, 0.3) is 11.4 Å². The molecule has 2 aromatic carbocycles. The van der Waals surface area contributed by atoms with Gasteiger partial charge in [-0.3, -0.25) is 14.2 Å². The molecule has 0 aliphatic carbocycles. The number of halogens is 1. The smallest absolute Gasteiger partial charge is 0.257 e. The van der Waals surface area contributed by atoms with Crippen LogP contribution in [0.1, 0.15) is 16.8 Å². The van der Waals surface area contributed by atoms with E-state index in [2.05, 4.69) is 10.3 Å². The number of benzene rings is 2. The van der Waals surface area contributed by atoms with E-state index >= 15 is 0 Å². The summed E-state index contributed by atoms with van der Waals surface area (Å²) in [6.07, 6.45) is 0.154. The van der Waals surface area contributed by atoms with Crippen LogP contribution in [0.15, 0.2) is 47.3 Å². The Hall–Kier alpha value is -3.16. The molecule has 0 atom stereocenters. The number of hydrogen-bond acceptors (Lipinski definition) is 5. The van der Waals surface area contributed by atoms with Gasteiger partial charge in [0, 0.05) is 34.9 Å². The first-order valence-electron chi connectivity index (χ1n) is 9.75. The minimum atomic E-state index is -0.408. The number of methoxy groups -OCH3 is 1. The highest BCUT2D eigenvalue weighted by atomic mass is 35.5. The summed E-state index contributed by atoms with van der Waals surface area (Å²) in [5, 5.41) is 12.7. The molecule has 0 saturated carbocycles. The van der Waals surface area contributed by atoms with Gasteiger partial charge in [0.2, 0.25) is 5.91 Å². The third-order valence-electron chi connectivity index (χ3n) is 4.84. The molecule has 1 amide bonds. The Balaban J connectivity index is 2.04. The molecule has 0 unspecified atom stereocenters. The Morgan fingerprint density at radius 1 is 1.23 bits per heavy atom. The number of anilines is 1. The molecule has 162 valence electrons. The lowest BCUT2D eigenvalue weighted by molar-refractivity contribution is -0.116. The summed E-state index contributed by atoms with van der Waals surface area (Å²) < 4.78 is 6.62. The lowest BCUT2D eigenvalue weighted by Gasteiger charge is -2.17. The van der Waals surface area contributed by atoms with Crippen molar-refractivity contribution in [3.8, 4) is 17.1 Å². The van der Waals surface area contributed by atoms with Crippen molar-refractivity contribution in [2.24, 2.45) is 0 Å². The van der Waals surface area contributed by atoms with E-state index in [9.17, 15) is 14.7 Å². The lowest BCUT2D eigenvalue weighted by atomic mass is 10.1. The number of hydrogen-bond donors (Lipinski definition) is 2. The molecule has 0 fully saturated rings. The highest BCUT2D eigenvalue weighted by molar-refractivity contribution is 6.30. The van der Waals surface area contributed by atoms with Gasteiger partial charge in [-0.2, -0.15) is 0 Å². The number of aliphatic hydroxyl groups is 1. The highest BCUT2D eigenvalue weighted by Gasteiger charge is 2.18. The number of amides is 1. The minimum absolute atomic E-state index is 0.154. The van der Waals surface area contributed by atoms with Gasteiger partial charge in [0.1, 0.15) is 18.1 Å². The van der Waals surface area contributed by atoms with Crippen LogP contribution in [0.5, 0.6) is 5.75 Å². The molecule has 0 radical (unpaired) electrons. The van der Waals surface area contributed by atoms with Crippen LogP contribution in [0.3, 0.4) is 0 Å². The molecule has 0 spiro atoms. The van der Waals surface area contributed by atoms with Crippen molar-refractivity contribution in [1.82, 2.24) is 9.55 Å². The Bertz CT molecular complexity index is 1170. The van der Waals surface area contributed by atoms with Gasteiger partial charge in [-0.25, -0.2) is 4.98 Å². The molecule has 2 N–H and O–H groups in total. The molecule has 31 heavy (non-hydrogen) atoms. The number of nitrogens with zero attached hydrogens (tertiary/aromatic N) is 2. The number of carbonyl (C=O) groups excluding carboxylic acids is 1. The summed E-state index contributed by atoms with van der Waals surface area (Å²) >= 11 is 6.13. The predicted molar refractivity (Wildman–Crippen MR) is 121 cm³/mol. The number of aliphatic hydroxyl groups excluding tert-OH is 1. The summed E-state index contributed by atoms with van der Waals surface area (Å²) in [5.41, 5.74) is 2.59. The maximum atomic E-state index is 13.2. The van der Waals surface area contributed by atoms with Crippen molar-refractivity contribution in [2.75, 3.05) is 19.0 Å². The fourth-order valence-corrected chi connectivity index (χ4v) is 3.54. The molecule has 1 heterocycles. The van der Waals surface area contributed by atoms with E-state index in [1.807, 2.05) is 13.0 Å². The van der Waals surface area contributed by atoms with Crippen molar-refractivity contribution in [3.05, 3.63) is 74.7 Å². The van der Waals surface area contributed by atoms with Gasteiger partial charge in [0.25, 0.3) is 5.56 Å². The molecule has 3 rings (SSSR count). The van der Waals surface area contributed by atoms with Crippen LogP contribution in [-0.4, -0.2) is 34.3 Å². The maximum Gasteiger partial charge on any atom is 0.257 e. The zero-order chi connectivity index (χ0) is 22.5. The lowest BCUT2D eigenvalue weighted by Crippen LogP contribution is -2.33. The molecule has 1 aromatic heterocycles. The van der Waals surface area contributed by atoms with Gasteiger partial charge in [-0.1, -0.05) is 29.8 Å². The summed E-state index contributed by atoms with van der Waals surface area (Å²) in [4.78, 5) is 30.6. The summed E-state index contributed by atoms with van der Waals surface area (Å²) in [6.45, 7) is 3.16. The number of rotatable bonds is 7. The Morgan fingerprint density at radius 3 is 2.68 bits per heavy atom. The van der Waals surface area contributed by atoms with Crippen molar-refractivity contribution >= 4 is 23.2 Å². The number of carbonyl (C=O) groups is 1. The van der Waals surface area contributed by atoms with Gasteiger partial charge >= 0.3 is 0 Å². The van der Waals surface area contributed by atoms with E-state index in [-0.39, 0.29) is 25.1 Å². The average molecular weight is 442 g/mol. The average Bonchev–Trinajstić information content (AvgIpc) is 2.73. The Kier molecular flexibility index (Phi) is 7.09. The third kappa shape index (κ3) is 5.13. The molecular weight excluding hydrogens is 418 g/mol. The number of aromatic nitrogens is 2. The van der Waals surface area contributed by atoms with Crippen molar-refractivity contribution in [3.63, 3.8) is 0 Å². The van der Waals surface area contributed by atoms with Gasteiger partial charge in [-0.15, -0.1) is 0 Å². The van der Waals surface area contributed by atoms with Gasteiger partial charge < -0.3 is 15.2 Å². The second kappa shape index (κ2) is 9.76. The SMILES string of the molecule is COc1ccc(C)cc1NC(=O)Cn1c(-c2cccc(Cl)c2)nc(C)c(CCO)c1=O. The summed E-state index contributed by atoms with van der Waals surface area (Å²) in [5.74, 6) is 0.442. The van der Waals surface area contributed by atoms with E-state index < -0.39 is 5.91 Å². The maximum absolute atomic E-state index is 13.2. The van der Waals surface area contributed by atoms with Crippen LogP contribution in [0.4, 0.5) is 5.69 Å². The summed E-state index contributed by atoms with van der Waals surface area (Å²) in [6, 6.07) is 12.4. The largest absolute Gasteiger partial charge is 0.495 e. The minimum Gasteiger partial charge on any atom is -0.495 e. The standard InChI is InChI=1S/C23H24ClN3O4/c1-14-7-8-20(31-3)19(11-14)26-21(29)13-27-22(16-5-4-6-17(24)12-16)25-15(2)18(9-10-28)23(27)30/h4-8,11-12,28H,9-10,13H2,1-3H3,(H,26,29). The van der Waals surface area contributed by atoms with Gasteiger partial charge in [0.05, 0.1) is 12.8 Å². The third-order valence-corrected chi connectivity index (χ3v) is 5.08. The molecule has 3 aromatic rings. The molecule has 0 saturated heterocycles. The fraction of sp³-hybridized carbons (Fsp3) is 0.261. The Labute approximate surface area is 185 Å². The molecule has 0 bridgehead atoms. The topological polar surface area (TPSA) is 93.4 Å². The number of ether oxygens (including phenoxy) is 1. The molecule has 7 nitrogen and oxygen atoms in total. The van der Waals surface area contributed by atoms with Crippen LogP contribution < -0.4 is 15.6 Å². The molecular formula is C23H24ClN3O4. The van der Waals surface area contributed by atoms with Crippen LogP contribution in [0.2, 0.25) is 5.02 Å². The zero-order valence-corrected chi connectivity index (χ0v) is 18.4. The van der Waals surface area contributed by atoms with Crippen LogP contribution >= 0.6 is 11.6 Å². The molecule has 0 aliphatic heterocycles. The first-order valence-corrected chi connectivity index (χ1v) is 10.1. The van der Waals surface area contributed by atoms with Gasteiger partial charge in [-0.05, 0) is 43.7 Å². The van der Waals surface area contributed by atoms with Crippen LogP contribution in [0, 0.1) is 13.8 Å². The second-order valence-corrected chi connectivity index (χ2v) is 7.56. The zero-order valence-electron chi connectivity index (χ0n) is 17.6. The van der Waals surface area contributed by atoms with E-state index in [4.69, 9.17) is 16.3 Å². The molecule has 8 heteroatoms. The van der Waals surface area contributed by atoms with E-state index in [0.29, 0.717) is 39.1 Å². The second-order valence-electron chi connectivity index (χ2n) is 7.13. The fourth-order valence-electron chi connectivity index (χ4n) is 3.35. The van der Waals surface area contributed by atoms with Crippen molar-refractivity contribution in [1.29, 1.82) is 0 Å². The number of nitrogens with one attached hydrogen (secondary N) is 1. The molecule has 0 aliphatic rings.